The zero-order chi connectivity index (χ0) is 17.0. The number of aromatic amines is 2. The first kappa shape index (κ1) is 16.9. The van der Waals surface area contributed by atoms with Crippen LogP contribution in [0.1, 0.15) is 31.0 Å². The monoisotopic (exact) mass is 338 g/mol. The van der Waals surface area contributed by atoms with Gasteiger partial charge in [-0.2, -0.15) is 0 Å². The Kier molecular flexibility index (Phi) is 4.99. The van der Waals surface area contributed by atoms with Gasteiger partial charge in [-0.3, -0.25) is 9.78 Å². The molecule has 0 fully saturated rings. The topological polar surface area (TPSA) is 125 Å². The van der Waals surface area contributed by atoms with Crippen molar-refractivity contribution in [1.82, 2.24) is 20.5 Å². The number of aromatic nitrogens is 3. The van der Waals surface area contributed by atoms with Crippen molar-refractivity contribution in [3.05, 3.63) is 45.9 Å². The molecule has 124 valence electrons. The molecular formula is C14H18N4O4S. The second kappa shape index (κ2) is 6.78. The van der Waals surface area contributed by atoms with Gasteiger partial charge in [0, 0.05) is 0 Å². The fourth-order valence-electron chi connectivity index (χ4n) is 2.05. The van der Waals surface area contributed by atoms with Gasteiger partial charge in [-0.15, -0.1) is 5.10 Å². The van der Waals surface area contributed by atoms with E-state index in [1.807, 2.05) is 41.3 Å². The number of carbonyl (C=O) groups excluding carboxylic acids is 1. The molecule has 1 heterocycles. The number of sulfone groups is 1. The quantitative estimate of drug-likeness (QED) is 0.699. The van der Waals surface area contributed by atoms with Crippen molar-refractivity contribution in [3.8, 4) is 0 Å². The number of amides is 1. The first-order valence-corrected chi connectivity index (χ1v) is 8.72. The lowest BCUT2D eigenvalue weighted by molar-refractivity contribution is -0.119. The van der Waals surface area contributed by atoms with Crippen LogP contribution in [0.5, 0.6) is 0 Å². The highest BCUT2D eigenvalue weighted by Gasteiger charge is 2.23. The van der Waals surface area contributed by atoms with Crippen LogP contribution in [0.2, 0.25) is 0 Å². The Morgan fingerprint density at radius 2 is 1.96 bits per heavy atom. The summed E-state index contributed by atoms with van der Waals surface area (Å²) in [5, 5.41) is 7.36. The van der Waals surface area contributed by atoms with Crippen LogP contribution in [0.3, 0.4) is 0 Å². The minimum Gasteiger partial charge on any atom is -0.349 e. The normalized spacial score (nSPS) is 12.8. The lowest BCUT2D eigenvalue weighted by atomic mass is 10.1. The summed E-state index contributed by atoms with van der Waals surface area (Å²) >= 11 is 0. The molecule has 2 rings (SSSR count). The van der Waals surface area contributed by atoms with Crippen LogP contribution in [0, 0.1) is 0 Å². The maximum Gasteiger partial charge on any atom is 0.341 e. The van der Waals surface area contributed by atoms with Gasteiger partial charge in [0.2, 0.25) is 20.9 Å². The Morgan fingerprint density at radius 1 is 1.30 bits per heavy atom. The molecule has 2 aromatic rings. The van der Waals surface area contributed by atoms with Gasteiger partial charge in [-0.05, 0) is 24.5 Å². The van der Waals surface area contributed by atoms with Crippen molar-refractivity contribution in [2.45, 2.75) is 31.5 Å². The number of H-pyrrole nitrogens is 2. The van der Waals surface area contributed by atoms with Gasteiger partial charge in [-0.1, -0.05) is 31.2 Å². The molecule has 0 bridgehead atoms. The van der Waals surface area contributed by atoms with E-state index in [2.05, 4.69) is 10.4 Å². The Morgan fingerprint density at radius 3 is 2.48 bits per heavy atom. The number of nitrogens with one attached hydrogen (secondary N) is 3. The predicted octanol–water partition coefficient (Wildman–Crippen LogP) is 0.312. The fraction of sp³-hybridized carbons (Fsp3) is 0.357. The van der Waals surface area contributed by atoms with E-state index < -0.39 is 32.3 Å². The molecule has 1 aromatic heterocycles. The highest BCUT2D eigenvalue weighted by molar-refractivity contribution is 7.91. The zero-order valence-electron chi connectivity index (χ0n) is 12.8. The molecule has 1 aromatic carbocycles. The molecule has 0 aliphatic carbocycles. The summed E-state index contributed by atoms with van der Waals surface area (Å²) in [5.41, 5.74) is 1.31. The van der Waals surface area contributed by atoms with Crippen LogP contribution >= 0.6 is 0 Å². The smallest absolute Gasteiger partial charge is 0.341 e. The molecule has 1 amide bonds. The summed E-state index contributed by atoms with van der Waals surface area (Å²) in [6.45, 7) is 3.81. The molecule has 0 radical (unpaired) electrons. The van der Waals surface area contributed by atoms with E-state index in [-0.39, 0.29) is 6.04 Å². The number of aryl methyl sites for hydroxylation is 1. The van der Waals surface area contributed by atoms with Crippen LogP contribution in [0.4, 0.5) is 0 Å². The predicted molar refractivity (Wildman–Crippen MR) is 83.6 cm³/mol. The van der Waals surface area contributed by atoms with Gasteiger partial charge in [-0.25, -0.2) is 18.3 Å². The number of benzene rings is 1. The van der Waals surface area contributed by atoms with Crippen molar-refractivity contribution >= 4 is 15.7 Å². The maximum atomic E-state index is 11.9. The van der Waals surface area contributed by atoms with Crippen molar-refractivity contribution < 1.29 is 13.2 Å². The molecule has 9 heteroatoms. The van der Waals surface area contributed by atoms with Crippen molar-refractivity contribution in [2.24, 2.45) is 0 Å². The summed E-state index contributed by atoms with van der Waals surface area (Å²) < 4.78 is 23.9. The van der Waals surface area contributed by atoms with E-state index in [1.165, 1.54) is 5.56 Å². The van der Waals surface area contributed by atoms with Crippen molar-refractivity contribution in [1.29, 1.82) is 0 Å². The van der Waals surface area contributed by atoms with Crippen molar-refractivity contribution in [2.75, 3.05) is 5.75 Å². The van der Waals surface area contributed by atoms with E-state index >= 15 is 0 Å². The van der Waals surface area contributed by atoms with Gasteiger partial charge in [0.25, 0.3) is 0 Å². The number of carbonyl (C=O) groups is 1. The Bertz CT molecular complexity index is 836. The second-order valence-corrected chi connectivity index (χ2v) is 7.03. The van der Waals surface area contributed by atoms with E-state index in [4.69, 9.17) is 0 Å². The highest BCUT2D eigenvalue weighted by atomic mass is 32.2. The summed E-state index contributed by atoms with van der Waals surface area (Å²) in [7, 11) is -3.99. The summed E-state index contributed by atoms with van der Waals surface area (Å²) in [6, 6.07) is 7.38. The Balaban J connectivity index is 2.02. The van der Waals surface area contributed by atoms with Gasteiger partial charge in [0.15, 0.2) is 0 Å². The van der Waals surface area contributed by atoms with Crippen LogP contribution < -0.4 is 11.0 Å². The van der Waals surface area contributed by atoms with E-state index in [9.17, 15) is 18.0 Å². The molecule has 1 unspecified atom stereocenters. The molecular weight excluding hydrogens is 320 g/mol. The van der Waals surface area contributed by atoms with Gasteiger partial charge in [0.1, 0.15) is 5.75 Å². The fourth-order valence-corrected chi connectivity index (χ4v) is 3.05. The number of hydrogen-bond acceptors (Lipinski definition) is 5. The molecule has 0 aliphatic rings. The summed E-state index contributed by atoms with van der Waals surface area (Å²) in [5.74, 6) is -1.45. The second-order valence-electron chi connectivity index (χ2n) is 5.13. The van der Waals surface area contributed by atoms with Crippen LogP contribution in [-0.2, 0) is 21.1 Å². The zero-order valence-corrected chi connectivity index (χ0v) is 13.6. The molecule has 0 aliphatic heterocycles. The van der Waals surface area contributed by atoms with Gasteiger partial charge >= 0.3 is 5.69 Å². The molecule has 8 nitrogen and oxygen atoms in total. The highest BCUT2D eigenvalue weighted by Crippen LogP contribution is 2.14. The van der Waals surface area contributed by atoms with Crippen molar-refractivity contribution in [3.63, 3.8) is 0 Å². The average Bonchev–Trinajstić information content (AvgIpc) is 2.94. The minimum atomic E-state index is -3.99. The molecule has 23 heavy (non-hydrogen) atoms. The lowest BCUT2D eigenvalue weighted by Crippen LogP contribution is -2.32. The maximum absolute atomic E-state index is 11.9. The third-order valence-electron chi connectivity index (χ3n) is 3.36. The van der Waals surface area contributed by atoms with E-state index in [0.717, 1.165) is 12.0 Å². The van der Waals surface area contributed by atoms with Crippen LogP contribution in [0.15, 0.2) is 34.2 Å². The molecule has 0 saturated carbocycles. The van der Waals surface area contributed by atoms with Gasteiger partial charge in [0.05, 0.1) is 6.04 Å². The number of nitrogens with zero attached hydrogens (tertiary/aromatic N) is 1. The average molecular weight is 338 g/mol. The molecule has 0 saturated heterocycles. The standard InChI is InChI=1S/C14H18N4O4S/c1-3-10-4-6-11(7-5-10)9(2)15-12(19)8-23(21,22)14-16-13(20)17-18-14/h4-7,9H,3,8H2,1-2H3,(H,15,19)(H2,16,17,18,20). The minimum absolute atomic E-state index is 0.332. The molecule has 0 spiro atoms. The lowest BCUT2D eigenvalue weighted by Gasteiger charge is -2.14. The summed E-state index contributed by atoms with van der Waals surface area (Å²) in [4.78, 5) is 24.9. The number of rotatable bonds is 6. The van der Waals surface area contributed by atoms with E-state index in [0.29, 0.717) is 0 Å². The SMILES string of the molecule is CCc1ccc(C(C)NC(=O)CS(=O)(=O)c2n[nH]c(=O)[nH]2)cc1. The number of hydrogen-bond donors (Lipinski definition) is 3. The van der Waals surface area contributed by atoms with Crippen LogP contribution in [-0.4, -0.2) is 35.3 Å². The molecule has 3 N–H and O–H groups in total. The third kappa shape index (κ3) is 4.28. The van der Waals surface area contributed by atoms with E-state index in [1.54, 1.807) is 6.92 Å². The Hall–Kier alpha value is -2.42. The van der Waals surface area contributed by atoms with Crippen LogP contribution in [0.25, 0.3) is 0 Å². The van der Waals surface area contributed by atoms with Gasteiger partial charge < -0.3 is 5.32 Å². The third-order valence-corrected chi connectivity index (χ3v) is 4.79. The first-order chi connectivity index (χ1) is 10.8. The summed E-state index contributed by atoms with van der Waals surface area (Å²) in [6.07, 6.45) is 0.918. The first-order valence-electron chi connectivity index (χ1n) is 7.07. The Labute approximate surface area is 133 Å². The molecule has 1 atom stereocenters. The largest absolute Gasteiger partial charge is 0.349 e.